The van der Waals surface area contributed by atoms with Crippen LogP contribution in [0.2, 0.25) is 0 Å². The van der Waals surface area contributed by atoms with E-state index in [-0.39, 0.29) is 23.6 Å². The highest BCUT2D eigenvalue weighted by Crippen LogP contribution is 2.37. The fraction of sp³-hybridized carbons (Fsp3) is 0.217. The Morgan fingerprint density at radius 3 is 2.67 bits per heavy atom. The third-order valence-electron chi connectivity index (χ3n) is 5.06. The molecule has 1 aliphatic heterocycles. The van der Waals surface area contributed by atoms with Gasteiger partial charge in [0.2, 0.25) is 11.8 Å². The molecule has 0 aliphatic carbocycles. The van der Waals surface area contributed by atoms with Crippen molar-refractivity contribution in [2.75, 3.05) is 24.2 Å². The van der Waals surface area contributed by atoms with Crippen molar-refractivity contribution in [3.05, 3.63) is 82.0 Å². The van der Waals surface area contributed by atoms with Crippen LogP contribution in [0.3, 0.4) is 0 Å². The SMILES string of the molecule is NC(=O)CSc1ccccc1NC(=O)CN1CCc2sccc2C1c1ccccc1. The van der Waals surface area contributed by atoms with E-state index in [9.17, 15) is 9.59 Å². The Balaban J connectivity index is 1.51. The molecule has 0 radical (unpaired) electrons. The second kappa shape index (κ2) is 9.47. The molecule has 154 valence electrons. The molecular weight excluding hydrogens is 414 g/mol. The van der Waals surface area contributed by atoms with Crippen molar-refractivity contribution >= 4 is 40.6 Å². The number of thiophene rings is 1. The summed E-state index contributed by atoms with van der Waals surface area (Å²) in [6, 6.07) is 20.1. The second-order valence-electron chi connectivity index (χ2n) is 7.13. The summed E-state index contributed by atoms with van der Waals surface area (Å²) in [6.07, 6.45) is 0.953. The molecule has 0 saturated heterocycles. The molecule has 3 N–H and O–H groups in total. The molecular formula is C23H23N3O2S2. The number of hydrogen-bond acceptors (Lipinski definition) is 5. The Morgan fingerprint density at radius 2 is 1.87 bits per heavy atom. The standard InChI is InChI=1S/C23H23N3O2S2/c24-21(27)15-30-20-9-5-4-8-18(20)25-22(28)14-26-12-10-19-17(11-13-29-19)23(26)16-6-2-1-3-7-16/h1-9,11,13,23H,10,12,14-15H2,(H2,24,27)(H,25,28). The molecule has 1 aromatic heterocycles. The van der Waals surface area contributed by atoms with Crippen LogP contribution in [0.1, 0.15) is 22.0 Å². The van der Waals surface area contributed by atoms with Gasteiger partial charge in [0.05, 0.1) is 24.0 Å². The molecule has 0 spiro atoms. The number of amides is 2. The number of thioether (sulfide) groups is 1. The van der Waals surface area contributed by atoms with Crippen molar-refractivity contribution in [2.24, 2.45) is 5.73 Å². The average Bonchev–Trinajstić information content (AvgIpc) is 3.22. The molecule has 0 bridgehead atoms. The minimum Gasteiger partial charge on any atom is -0.369 e. The summed E-state index contributed by atoms with van der Waals surface area (Å²) in [5, 5.41) is 5.16. The number of benzene rings is 2. The smallest absolute Gasteiger partial charge is 0.238 e. The van der Waals surface area contributed by atoms with Crippen molar-refractivity contribution in [1.82, 2.24) is 4.90 Å². The van der Waals surface area contributed by atoms with Gasteiger partial charge in [-0.3, -0.25) is 14.5 Å². The van der Waals surface area contributed by atoms with Crippen LogP contribution in [-0.2, 0) is 16.0 Å². The van der Waals surface area contributed by atoms with Gasteiger partial charge in [0, 0.05) is 16.3 Å². The third-order valence-corrected chi connectivity index (χ3v) is 7.15. The van der Waals surface area contributed by atoms with Crippen LogP contribution in [0.4, 0.5) is 5.69 Å². The highest BCUT2D eigenvalue weighted by atomic mass is 32.2. The fourth-order valence-electron chi connectivity index (χ4n) is 3.78. The van der Waals surface area contributed by atoms with Gasteiger partial charge < -0.3 is 11.1 Å². The molecule has 30 heavy (non-hydrogen) atoms. The highest BCUT2D eigenvalue weighted by Gasteiger charge is 2.30. The third kappa shape index (κ3) is 4.75. The second-order valence-corrected chi connectivity index (χ2v) is 9.15. The van der Waals surface area contributed by atoms with Crippen LogP contribution in [0.15, 0.2) is 70.9 Å². The number of nitrogens with zero attached hydrogens (tertiary/aromatic N) is 1. The summed E-state index contributed by atoms with van der Waals surface area (Å²) >= 11 is 3.12. The van der Waals surface area contributed by atoms with Crippen molar-refractivity contribution in [3.8, 4) is 0 Å². The van der Waals surface area contributed by atoms with Crippen LogP contribution in [0, 0.1) is 0 Å². The maximum Gasteiger partial charge on any atom is 0.238 e. The minimum atomic E-state index is -0.383. The van der Waals surface area contributed by atoms with Gasteiger partial charge in [-0.1, -0.05) is 42.5 Å². The van der Waals surface area contributed by atoms with Gasteiger partial charge >= 0.3 is 0 Å². The van der Waals surface area contributed by atoms with Gasteiger partial charge in [0.15, 0.2) is 0 Å². The molecule has 7 heteroatoms. The fourth-order valence-corrected chi connectivity index (χ4v) is 5.43. The summed E-state index contributed by atoms with van der Waals surface area (Å²) in [7, 11) is 0. The average molecular weight is 438 g/mol. The number of carbonyl (C=O) groups excluding carboxylic acids is 2. The van der Waals surface area contributed by atoms with E-state index in [1.807, 2.05) is 42.5 Å². The Kier molecular flexibility index (Phi) is 6.52. The van der Waals surface area contributed by atoms with Gasteiger partial charge in [-0.05, 0) is 41.1 Å². The van der Waals surface area contributed by atoms with Crippen LogP contribution in [-0.4, -0.2) is 35.6 Å². The van der Waals surface area contributed by atoms with E-state index in [0.29, 0.717) is 12.2 Å². The topological polar surface area (TPSA) is 75.4 Å². The lowest BCUT2D eigenvalue weighted by Gasteiger charge is -2.35. The molecule has 1 unspecified atom stereocenters. The molecule has 3 aromatic rings. The Labute approximate surface area is 184 Å². The molecule has 0 fully saturated rings. The monoisotopic (exact) mass is 437 g/mol. The largest absolute Gasteiger partial charge is 0.369 e. The van der Waals surface area contributed by atoms with Crippen LogP contribution >= 0.6 is 23.1 Å². The number of fused-ring (bicyclic) bond motifs is 1. The predicted octanol–water partition coefficient (Wildman–Crippen LogP) is 3.91. The Hall–Kier alpha value is -2.61. The molecule has 2 aromatic carbocycles. The first kappa shape index (κ1) is 20.7. The zero-order valence-electron chi connectivity index (χ0n) is 16.4. The van der Waals surface area contributed by atoms with E-state index in [0.717, 1.165) is 17.9 Å². The summed E-state index contributed by atoms with van der Waals surface area (Å²) in [5.74, 6) is -0.274. The van der Waals surface area contributed by atoms with Crippen molar-refractivity contribution in [1.29, 1.82) is 0 Å². The van der Waals surface area contributed by atoms with E-state index >= 15 is 0 Å². The molecule has 1 atom stereocenters. The van der Waals surface area contributed by atoms with Crippen LogP contribution < -0.4 is 11.1 Å². The first-order valence-corrected chi connectivity index (χ1v) is 11.6. The minimum absolute atomic E-state index is 0.0678. The normalized spacial score (nSPS) is 16.1. The van der Waals surface area contributed by atoms with E-state index in [1.165, 1.54) is 27.8 Å². The van der Waals surface area contributed by atoms with E-state index in [4.69, 9.17) is 5.73 Å². The summed E-state index contributed by atoms with van der Waals surface area (Å²) < 4.78 is 0. The summed E-state index contributed by atoms with van der Waals surface area (Å²) in [6.45, 7) is 1.13. The number of anilines is 1. The van der Waals surface area contributed by atoms with Crippen LogP contribution in [0.5, 0.6) is 0 Å². The summed E-state index contributed by atoms with van der Waals surface area (Å²) in [4.78, 5) is 28.5. The molecule has 1 aliphatic rings. The van der Waals surface area contributed by atoms with Crippen LogP contribution in [0.25, 0.3) is 0 Å². The number of para-hydroxylation sites is 1. The first-order chi connectivity index (χ1) is 14.6. The van der Waals surface area contributed by atoms with Crippen molar-refractivity contribution in [2.45, 2.75) is 17.4 Å². The zero-order chi connectivity index (χ0) is 20.9. The zero-order valence-corrected chi connectivity index (χ0v) is 18.0. The summed E-state index contributed by atoms with van der Waals surface area (Å²) in [5.41, 5.74) is 8.46. The molecule has 2 heterocycles. The molecule has 2 amide bonds. The van der Waals surface area contributed by atoms with Gasteiger partial charge in [-0.2, -0.15) is 0 Å². The predicted molar refractivity (Wildman–Crippen MR) is 123 cm³/mol. The van der Waals surface area contributed by atoms with Crippen molar-refractivity contribution < 1.29 is 9.59 Å². The van der Waals surface area contributed by atoms with Gasteiger partial charge in [-0.25, -0.2) is 0 Å². The lowest BCUT2D eigenvalue weighted by atomic mass is 9.93. The number of nitrogens with one attached hydrogen (secondary N) is 1. The van der Waals surface area contributed by atoms with Crippen molar-refractivity contribution in [3.63, 3.8) is 0 Å². The number of carbonyl (C=O) groups is 2. The van der Waals surface area contributed by atoms with Gasteiger partial charge in [-0.15, -0.1) is 23.1 Å². The maximum absolute atomic E-state index is 12.9. The number of primary amides is 1. The molecule has 0 saturated carbocycles. The number of nitrogens with two attached hydrogens (primary N) is 1. The van der Waals surface area contributed by atoms with E-state index in [2.05, 4.69) is 33.8 Å². The highest BCUT2D eigenvalue weighted by molar-refractivity contribution is 8.00. The molecule has 5 nitrogen and oxygen atoms in total. The Morgan fingerprint density at radius 1 is 1.10 bits per heavy atom. The van der Waals surface area contributed by atoms with Gasteiger partial charge in [0.1, 0.15) is 0 Å². The molecule has 4 rings (SSSR count). The number of hydrogen-bond donors (Lipinski definition) is 2. The first-order valence-electron chi connectivity index (χ1n) is 9.77. The van der Waals surface area contributed by atoms with E-state index in [1.54, 1.807) is 11.3 Å². The van der Waals surface area contributed by atoms with Gasteiger partial charge in [0.25, 0.3) is 0 Å². The lowest BCUT2D eigenvalue weighted by molar-refractivity contribution is -0.118. The van der Waals surface area contributed by atoms with E-state index < -0.39 is 0 Å². The number of rotatable bonds is 7. The maximum atomic E-state index is 12.9. The Bertz CT molecular complexity index is 1040. The quantitative estimate of drug-likeness (QED) is 0.550. The lowest BCUT2D eigenvalue weighted by Crippen LogP contribution is -2.40.